The first-order valence-corrected chi connectivity index (χ1v) is 9.80. The van der Waals surface area contributed by atoms with Crippen molar-refractivity contribution in [2.45, 2.75) is 52.2 Å². The van der Waals surface area contributed by atoms with Crippen LogP contribution in [0.15, 0.2) is 29.3 Å². The molecule has 0 aromatic heterocycles. The predicted octanol–water partition coefficient (Wildman–Crippen LogP) is 3.49. The maximum absolute atomic E-state index is 5.34. The van der Waals surface area contributed by atoms with Crippen molar-refractivity contribution in [2.75, 3.05) is 33.9 Å². The molecule has 1 saturated carbocycles. The maximum Gasteiger partial charge on any atom is 0.191 e. The highest BCUT2D eigenvalue weighted by molar-refractivity contribution is 5.79. The molecule has 0 amide bonds. The first kappa shape index (κ1) is 20.7. The van der Waals surface area contributed by atoms with Gasteiger partial charge in [-0.1, -0.05) is 37.1 Å². The van der Waals surface area contributed by atoms with Crippen LogP contribution < -0.4 is 10.6 Å². The Morgan fingerprint density at radius 1 is 1.08 bits per heavy atom. The van der Waals surface area contributed by atoms with Gasteiger partial charge in [0.25, 0.3) is 0 Å². The van der Waals surface area contributed by atoms with Crippen molar-refractivity contribution in [1.29, 1.82) is 0 Å². The van der Waals surface area contributed by atoms with Crippen LogP contribution in [0, 0.1) is 5.41 Å². The van der Waals surface area contributed by atoms with Gasteiger partial charge in [-0.15, -0.1) is 0 Å². The van der Waals surface area contributed by atoms with Gasteiger partial charge >= 0.3 is 0 Å². The van der Waals surface area contributed by atoms with Crippen molar-refractivity contribution >= 4 is 5.96 Å². The largest absolute Gasteiger partial charge is 0.385 e. The van der Waals surface area contributed by atoms with Crippen LogP contribution in [0.25, 0.3) is 0 Å². The Kier molecular flexibility index (Phi) is 8.92. The second kappa shape index (κ2) is 11.2. The van der Waals surface area contributed by atoms with Gasteiger partial charge in [-0.05, 0) is 42.7 Å². The van der Waals surface area contributed by atoms with Gasteiger partial charge in [-0.3, -0.25) is 0 Å². The van der Waals surface area contributed by atoms with Crippen LogP contribution in [0.3, 0.4) is 0 Å². The van der Waals surface area contributed by atoms with E-state index in [1.807, 2.05) is 6.07 Å². The summed E-state index contributed by atoms with van der Waals surface area (Å²) in [5.41, 5.74) is 2.75. The highest BCUT2D eigenvalue weighted by Crippen LogP contribution is 2.40. The molecule has 2 rings (SSSR count). The Morgan fingerprint density at radius 3 is 2.46 bits per heavy atom. The first-order chi connectivity index (χ1) is 12.7. The van der Waals surface area contributed by atoms with E-state index in [2.05, 4.69) is 35.8 Å². The zero-order valence-electron chi connectivity index (χ0n) is 16.6. The van der Waals surface area contributed by atoms with E-state index in [1.54, 1.807) is 14.2 Å². The van der Waals surface area contributed by atoms with Crippen LogP contribution >= 0.6 is 0 Å². The van der Waals surface area contributed by atoms with Crippen molar-refractivity contribution in [3.63, 3.8) is 0 Å². The third-order valence-electron chi connectivity index (χ3n) is 5.30. The van der Waals surface area contributed by atoms with E-state index in [4.69, 9.17) is 14.5 Å². The minimum atomic E-state index is 0.347. The normalized spacial score (nSPS) is 16.7. The lowest BCUT2D eigenvalue weighted by Gasteiger charge is -2.30. The molecule has 1 fully saturated rings. The monoisotopic (exact) mass is 361 g/mol. The molecule has 0 atom stereocenters. The lowest BCUT2D eigenvalue weighted by molar-refractivity contribution is 0.138. The minimum Gasteiger partial charge on any atom is -0.385 e. The smallest absolute Gasteiger partial charge is 0.191 e. The SMILES string of the molecule is CCNC(=NCc1ccccc1COC)NCC1(CCOC)CCCC1. The molecule has 1 aliphatic rings. The molecule has 1 aromatic rings. The number of hydrogen-bond acceptors (Lipinski definition) is 3. The van der Waals surface area contributed by atoms with E-state index in [0.717, 1.165) is 32.1 Å². The van der Waals surface area contributed by atoms with Crippen molar-refractivity contribution in [3.05, 3.63) is 35.4 Å². The Hall–Kier alpha value is -1.59. The highest BCUT2D eigenvalue weighted by atomic mass is 16.5. The molecular weight excluding hydrogens is 326 g/mol. The van der Waals surface area contributed by atoms with Gasteiger partial charge < -0.3 is 20.1 Å². The van der Waals surface area contributed by atoms with Crippen LogP contribution in [-0.2, 0) is 22.6 Å². The van der Waals surface area contributed by atoms with E-state index in [1.165, 1.54) is 36.8 Å². The summed E-state index contributed by atoms with van der Waals surface area (Å²) in [6, 6.07) is 8.33. The van der Waals surface area contributed by atoms with Crippen LogP contribution in [0.4, 0.5) is 0 Å². The molecule has 5 nitrogen and oxygen atoms in total. The molecule has 0 radical (unpaired) electrons. The number of methoxy groups -OCH3 is 2. The topological polar surface area (TPSA) is 54.9 Å². The summed E-state index contributed by atoms with van der Waals surface area (Å²) >= 11 is 0. The molecule has 0 unspecified atom stereocenters. The van der Waals surface area contributed by atoms with Gasteiger partial charge in [0, 0.05) is 33.9 Å². The van der Waals surface area contributed by atoms with Crippen LogP contribution in [0.2, 0.25) is 0 Å². The summed E-state index contributed by atoms with van der Waals surface area (Å²) in [7, 11) is 3.52. The van der Waals surface area contributed by atoms with E-state index in [-0.39, 0.29) is 0 Å². The minimum absolute atomic E-state index is 0.347. The fraction of sp³-hybridized carbons (Fsp3) is 0.667. The molecule has 0 heterocycles. The second-order valence-electron chi connectivity index (χ2n) is 7.20. The molecule has 0 spiro atoms. The molecule has 2 N–H and O–H groups in total. The molecule has 0 aliphatic heterocycles. The van der Waals surface area contributed by atoms with E-state index in [9.17, 15) is 0 Å². The van der Waals surface area contributed by atoms with E-state index < -0.39 is 0 Å². The van der Waals surface area contributed by atoms with Gasteiger partial charge in [0.1, 0.15) is 0 Å². The average Bonchev–Trinajstić information content (AvgIpc) is 3.13. The number of rotatable bonds is 10. The molecule has 1 aromatic carbocycles. The molecule has 0 bridgehead atoms. The van der Waals surface area contributed by atoms with Gasteiger partial charge in [0.15, 0.2) is 5.96 Å². The highest BCUT2D eigenvalue weighted by Gasteiger charge is 2.33. The molecule has 0 saturated heterocycles. The van der Waals surface area contributed by atoms with Crippen LogP contribution in [0.1, 0.15) is 50.2 Å². The molecule has 26 heavy (non-hydrogen) atoms. The number of benzene rings is 1. The summed E-state index contributed by atoms with van der Waals surface area (Å²) in [6.07, 6.45) is 6.32. The quantitative estimate of drug-likeness (QED) is 0.495. The van der Waals surface area contributed by atoms with E-state index >= 15 is 0 Å². The number of nitrogens with zero attached hydrogens (tertiary/aromatic N) is 1. The second-order valence-corrected chi connectivity index (χ2v) is 7.20. The van der Waals surface area contributed by atoms with Crippen LogP contribution in [0.5, 0.6) is 0 Å². The number of hydrogen-bond donors (Lipinski definition) is 2. The van der Waals surface area contributed by atoms with Crippen LogP contribution in [-0.4, -0.2) is 39.9 Å². The van der Waals surface area contributed by atoms with Gasteiger partial charge in [0.2, 0.25) is 0 Å². The zero-order valence-corrected chi connectivity index (χ0v) is 16.6. The lowest BCUT2D eigenvalue weighted by Crippen LogP contribution is -2.43. The average molecular weight is 362 g/mol. The number of aliphatic imine (C=N–C) groups is 1. The zero-order chi connectivity index (χ0) is 18.7. The molecular formula is C21H35N3O2. The van der Waals surface area contributed by atoms with Gasteiger partial charge in [0.05, 0.1) is 13.2 Å². The Balaban J connectivity index is 2.00. The first-order valence-electron chi connectivity index (χ1n) is 9.80. The van der Waals surface area contributed by atoms with Gasteiger partial charge in [-0.25, -0.2) is 4.99 Å². The third kappa shape index (κ3) is 6.29. The Morgan fingerprint density at radius 2 is 1.81 bits per heavy atom. The number of nitrogens with one attached hydrogen (secondary N) is 2. The van der Waals surface area contributed by atoms with Crippen molar-refractivity contribution in [1.82, 2.24) is 10.6 Å². The van der Waals surface area contributed by atoms with Crippen molar-refractivity contribution in [3.8, 4) is 0 Å². The molecule has 1 aliphatic carbocycles. The van der Waals surface area contributed by atoms with Crippen molar-refractivity contribution < 1.29 is 9.47 Å². The summed E-state index contributed by atoms with van der Waals surface area (Å²) in [4.78, 5) is 4.81. The summed E-state index contributed by atoms with van der Waals surface area (Å²) < 4.78 is 10.6. The standard InChI is InChI=1S/C21H35N3O2/c1-4-22-20(23-15-18-9-5-6-10-19(18)16-26-3)24-17-21(13-14-25-2)11-7-8-12-21/h5-6,9-10H,4,7-8,11-17H2,1-3H3,(H2,22,23,24). The third-order valence-corrected chi connectivity index (χ3v) is 5.30. The van der Waals surface area contributed by atoms with Gasteiger partial charge in [-0.2, -0.15) is 0 Å². The number of ether oxygens (including phenoxy) is 2. The Bertz CT molecular complexity index is 554. The maximum atomic E-state index is 5.34. The lowest BCUT2D eigenvalue weighted by atomic mass is 9.83. The fourth-order valence-electron chi connectivity index (χ4n) is 3.74. The summed E-state index contributed by atoms with van der Waals surface area (Å²) in [5, 5.41) is 6.96. The van der Waals surface area contributed by atoms with E-state index in [0.29, 0.717) is 18.6 Å². The molecule has 146 valence electrons. The summed E-state index contributed by atoms with van der Waals surface area (Å²) in [5.74, 6) is 0.892. The fourth-order valence-corrected chi connectivity index (χ4v) is 3.74. The van der Waals surface area contributed by atoms with Crippen molar-refractivity contribution in [2.24, 2.45) is 10.4 Å². The predicted molar refractivity (Wildman–Crippen MR) is 107 cm³/mol. The summed E-state index contributed by atoms with van der Waals surface area (Å²) in [6.45, 7) is 6.03. The molecule has 5 heteroatoms. The Labute approximate surface area is 158 Å². The number of guanidine groups is 1.